The first-order chi connectivity index (χ1) is 8.63. The van der Waals surface area contributed by atoms with Crippen LogP contribution in [-0.4, -0.2) is 61.5 Å². The molecule has 0 aliphatic carbocycles. The molecule has 1 heterocycles. The third-order valence-corrected chi connectivity index (χ3v) is 4.09. The zero-order chi connectivity index (χ0) is 13.4. The summed E-state index contributed by atoms with van der Waals surface area (Å²) in [6.45, 7) is 8.66. The van der Waals surface area contributed by atoms with E-state index >= 15 is 0 Å². The van der Waals surface area contributed by atoms with E-state index < -0.39 is 5.60 Å². The van der Waals surface area contributed by atoms with Gasteiger partial charge in [-0.15, -0.1) is 0 Å². The second-order valence-corrected chi connectivity index (χ2v) is 5.45. The van der Waals surface area contributed by atoms with E-state index in [0.717, 1.165) is 45.6 Å². The minimum Gasteiger partial charge on any atom is -0.389 e. The highest BCUT2D eigenvalue weighted by Gasteiger charge is 2.27. The number of hydrogen-bond donors (Lipinski definition) is 2. The van der Waals surface area contributed by atoms with Crippen LogP contribution in [0.4, 0.5) is 0 Å². The smallest absolute Gasteiger partial charge is 0.0768 e. The molecule has 1 atom stereocenters. The van der Waals surface area contributed by atoms with Gasteiger partial charge < -0.3 is 15.2 Å². The quantitative estimate of drug-likeness (QED) is 0.653. The lowest BCUT2D eigenvalue weighted by Gasteiger charge is -2.34. The van der Waals surface area contributed by atoms with Crippen LogP contribution >= 0.6 is 0 Å². The number of aliphatic hydroxyl groups is 1. The highest BCUT2D eigenvalue weighted by Crippen LogP contribution is 2.17. The fraction of sp³-hybridized carbons (Fsp3) is 1.00. The first-order valence-electron chi connectivity index (χ1n) is 7.30. The molecule has 0 aromatic carbocycles. The predicted molar refractivity (Wildman–Crippen MR) is 74.9 cm³/mol. The van der Waals surface area contributed by atoms with Crippen LogP contribution in [0.3, 0.4) is 0 Å². The second-order valence-electron chi connectivity index (χ2n) is 5.45. The summed E-state index contributed by atoms with van der Waals surface area (Å²) in [4.78, 5) is 2.35. The van der Waals surface area contributed by atoms with Crippen molar-refractivity contribution in [2.75, 3.05) is 39.9 Å². The average molecular weight is 258 g/mol. The molecule has 1 aliphatic heterocycles. The van der Waals surface area contributed by atoms with E-state index in [2.05, 4.69) is 24.1 Å². The summed E-state index contributed by atoms with van der Waals surface area (Å²) in [6, 6.07) is 0.583. The fourth-order valence-electron chi connectivity index (χ4n) is 2.57. The molecular formula is C14H30N2O2. The molecule has 1 aliphatic rings. The largest absolute Gasteiger partial charge is 0.389 e. The lowest BCUT2D eigenvalue weighted by Crippen LogP contribution is -2.47. The molecule has 0 amide bonds. The Labute approximate surface area is 112 Å². The van der Waals surface area contributed by atoms with Crippen molar-refractivity contribution in [2.45, 2.75) is 51.2 Å². The number of nitrogens with zero attached hydrogens (tertiary/aromatic N) is 1. The molecule has 2 N–H and O–H groups in total. The second kappa shape index (κ2) is 8.10. The van der Waals surface area contributed by atoms with E-state index in [9.17, 15) is 5.11 Å². The topological polar surface area (TPSA) is 44.7 Å². The van der Waals surface area contributed by atoms with Gasteiger partial charge in [-0.2, -0.15) is 0 Å². The summed E-state index contributed by atoms with van der Waals surface area (Å²) in [5, 5.41) is 14.0. The Morgan fingerprint density at radius 1 is 1.39 bits per heavy atom. The van der Waals surface area contributed by atoms with Crippen LogP contribution in [0.15, 0.2) is 0 Å². The zero-order valence-electron chi connectivity index (χ0n) is 12.2. The van der Waals surface area contributed by atoms with Crippen LogP contribution in [0.1, 0.15) is 39.5 Å². The molecule has 0 saturated carbocycles. The van der Waals surface area contributed by atoms with Gasteiger partial charge in [0.2, 0.25) is 0 Å². The molecule has 1 unspecified atom stereocenters. The van der Waals surface area contributed by atoms with Gasteiger partial charge in [-0.25, -0.2) is 0 Å². The lowest BCUT2D eigenvalue weighted by atomic mass is 9.96. The Bertz CT molecular complexity index is 214. The summed E-state index contributed by atoms with van der Waals surface area (Å²) in [7, 11) is 1.73. The van der Waals surface area contributed by atoms with Gasteiger partial charge in [0, 0.05) is 32.8 Å². The molecule has 18 heavy (non-hydrogen) atoms. The van der Waals surface area contributed by atoms with Crippen molar-refractivity contribution in [1.29, 1.82) is 0 Å². The molecule has 1 fully saturated rings. The average Bonchev–Trinajstić information content (AvgIpc) is 2.88. The summed E-state index contributed by atoms with van der Waals surface area (Å²) in [5.41, 5.74) is -0.549. The fourth-order valence-corrected chi connectivity index (χ4v) is 2.57. The maximum absolute atomic E-state index is 10.5. The molecule has 0 aromatic heterocycles. The lowest BCUT2D eigenvalue weighted by molar-refractivity contribution is -0.0103. The molecule has 0 spiro atoms. The number of ether oxygens (including phenoxy) is 1. The Balaban J connectivity index is 2.47. The minimum absolute atomic E-state index is 0.549. The third-order valence-electron chi connectivity index (χ3n) is 4.09. The number of rotatable bonds is 9. The maximum Gasteiger partial charge on any atom is 0.0768 e. The van der Waals surface area contributed by atoms with Crippen LogP contribution in [0.2, 0.25) is 0 Å². The van der Waals surface area contributed by atoms with E-state index in [0.29, 0.717) is 6.04 Å². The molecule has 4 nitrogen and oxygen atoms in total. The molecule has 0 radical (unpaired) electrons. The van der Waals surface area contributed by atoms with Gasteiger partial charge in [-0.1, -0.05) is 13.8 Å². The van der Waals surface area contributed by atoms with Crippen molar-refractivity contribution in [2.24, 2.45) is 0 Å². The van der Waals surface area contributed by atoms with Gasteiger partial charge in [-0.05, 0) is 32.2 Å². The van der Waals surface area contributed by atoms with Crippen molar-refractivity contribution >= 4 is 0 Å². The van der Waals surface area contributed by atoms with Crippen molar-refractivity contribution in [3.05, 3.63) is 0 Å². The van der Waals surface area contributed by atoms with Crippen LogP contribution in [0.25, 0.3) is 0 Å². The van der Waals surface area contributed by atoms with E-state index in [4.69, 9.17) is 4.74 Å². The molecular weight excluding hydrogens is 228 g/mol. The predicted octanol–water partition coefficient (Wildman–Crippen LogP) is 1.24. The van der Waals surface area contributed by atoms with Gasteiger partial charge in [-0.3, -0.25) is 4.90 Å². The highest BCUT2D eigenvalue weighted by atomic mass is 16.5. The van der Waals surface area contributed by atoms with Crippen LogP contribution in [0.5, 0.6) is 0 Å². The Kier molecular flexibility index (Phi) is 7.15. The molecule has 108 valence electrons. The SMILES string of the molecule is CCC(O)(CC)CN(CCOC)CC1CCCN1. The van der Waals surface area contributed by atoms with Gasteiger partial charge >= 0.3 is 0 Å². The molecule has 0 bridgehead atoms. The third kappa shape index (κ3) is 5.22. The first kappa shape index (κ1) is 15.9. The Morgan fingerprint density at radius 2 is 2.11 bits per heavy atom. The van der Waals surface area contributed by atoms with E-state index in [1.165, 1.54) is 12.8 Å². The normalized spacial score (nSPS) is 20.8. The van der Waals surface area contributed by atoms with E-state index in [1.54, 1.807) is 7.11 Å². The molecule has 0 aromatic rings. The zero-order valence-corrected chi connectivity index (χ0v) is 12.2. The van der Waals surface area contributed by atoms with Gasteiger partial charge in [0.1, 0.15) is 0 Å². The summed E-state index contributed by atoms with van der Waals surface area (Å²) in [5.74, 6) is 0. The number of nitrogens with one attached hydrogen (secondary N) is 1. The highest BCUT2D eigenvalue weighted by molar-refractivity contribution is 4.84. The maximum atomic E-state index is 10.5. The summed E-state index contributed by atoms with van der Waals surface area (Å²) >= 11 is 0. The number of methoxy groups -OCH3 is 1. The summed E-state index contributed by atoms with van der Waals surface area (Å²) < 4.78 is 5.17. The van der Waals surface area contributed by atoms with E-state index in [1.807, 2.05) is 0 Å². The van der Waals surface area contributed by atoms with Crippen LogP contribution in [-0.2, 0) is 4.74 Å². The summed E-state index contributed by atoms with van der Waals surface area (Å²) in [6.07, 6.45) is 4.14. The molecule has 4 heteroatoms. The number of hydrogen-bond acceptors (Lipinski definition) is 4. The van der Waals surface area contributed by atoms with Crippen LogP contribution < -0.4 is 5.32 Å². The monoisotopic (exact) mass is 258 g/mol. The molecule has 1 rings (SSSR count). The van der Waals surface area contributed by atoms with Crippen molar-refractivity contribution < 1.29 is 9.84 Å². The molecule has 1 saturated heterocycles. The van der Waals surface area contributed by atoms with Crippen molar-refractivity contribution in [3.8, 4) is 0 Å². The van der Waals surface area contributed by atoms with Gasteiger partial charge in [0.15, 0.2) is 0 Å². The Hall–Kier alpha value is -0.160. The van der Waals surface area contributed by atoms with Crippen molar-refractivity contribution in [1.82, 2.24) is 10.2 Å². The minimum atomic E-state index is -0.549. The standard InChI is InChI=1S/C14H30N2O2/c1-4-14(17,5-2)12-16(9-10-18-3)11-13-7-6-8-15-13/h13,15,17H,4-12H2,1-3H3. The first-order valence-corrected chi connectivity index (χ1v) is 7.30. The Morgan fingerprint density at radius 3 is 2.61 bits per heavy atom. The van der Waals surface area contributed by atoms with Crippen LogP contribution in [0, 0.1) is 0 Å². The van der Waals surface area contributed by atoms with Crippen molar-refractivity contribution in [3.63, 3.8) is 0 Å². The van der Waals surface area contributed by atoms with Gasteiger partial charge in [0.25, 0.3) is 0 Å². The van der Waals surface area contributed by atoms with E-state index in [-0.39, 0.29) is 0 Å². The van der Waals surface area contributed by atoms with Gasteiger partial charge in [0.05, 0.1) is 12.2 Å².